The van der Waals surface area contributed by atoms with Crippen LogP contribution in [0.4, 0.5) is 17.1 Å². The third-order valence-corrected chi connectivity index (χ3v) is 6.63. The number of carbonyl (C=O) groups is 1. The number of anilines is 2. The van der Waals surface area contributed by atoms with Gasteiger partial charge in [0.25, 0.3) is 21.6 Å². The van der Waals surface area contributed by atoms with Crippen LogP contribution in [-0.4, -0.2) is 19.2 Å². The molecule has 0 aliphatic rings. The van der Waals surface area contributed by atoms with Gasteiger partial charge in [-0.25, -0.2) is 8.42 Å². The first-order valence-electron chi connectivity index (χ1n) is 9.75. The molecule has 0 aromatic heterocycles. The molecule has 0 saturated heterocycles. The molecule has 3 aromatic carbocycles. The second kappa shape index (κ2) is 8.80. The van der Waals surface area contributed by atoms with Gasteiger partial charge in [-0.2, -0.15) is 0 Å². The number of nitrogens with one attached hydrogen (secondary N) is 2. The molecule has 3 aromatic rings. The molecular weight excluding hydrogens is 430 g/mol. The van der Waals surface area contributed by atoms with Crippen molar-refractivity contribution in [2.75, 3.05) is 10.0 Å². The van der Waals surface area contributed by atoms with Crippen molar-refractivity contribution in [1.29, 1.82) is 0 Å². The van der Waals surface area contributed by atoms with E-state index >= 15 is 0 Å². The smallest absolute Gasteiger partial charge is 0.274 e. The quantitative estimate of drug-likeness (QED) is 0.407. The number of hydrogen-bond donors (Lipinski definition) is 2. The number of sulfonamides is 1. The highest BCUT2D eigenvalue weighted by Gasteiger charge is 2.21. The minimum Gasteiger partial charge on any atom is -0.321 e. The predicted molar refractivity (Wildman–Crippen MR) is 124 cm³/mol. The molecule has 0 atom stereocenters. The second-order valence-corrected chi connectivity index (χ2v) is 9.22. The predicted octanol–water partition coefficient (Wildman–Crippen LogP) is 4.88. The van der Waals surface area contributed by atoms with E-state index in [1.165, 1.54) is 31.2 Å². The highest BCUT2D eigenvalue weighted by molar-refractivity contribution is 7.92. The van der Waals surface area contributed by atoms with E-state index in [1.807, 2.05) is 19.1 Å². The van der Waals surface area contributed by atoms with E-state index in [9.17, 15) is 23.3 Å². The first-order chi connectivity index (χ1) is 15.0. The maximum absolute atomic E-state index is 13.1. The van der Waals surface area contributed by atoms with Crippen LogP contribution in [0.1, 0.15) is 32.6 Å². The summed E-state index contributed by atoms with van der Waals surface area (Å²) in [5.74, 6) is -0.572. The van der Waals surface area contributed by atoms with E-state index in [1.54, 1.807) is 32.0 Å². The molecule has 8 nitrogen and oxygen atoms in total. The van der Waals surface area contributed by atoms with E-state index in [-0.39, 0.29) is 21.8 Å². The van der Waals surface area contributed by atoms with Crippen LogP contribution in [0.3, 0.4) is 0 Å². The minimum atomic E-state index is -3.96. The monoisotopic (exact) mass is 453 g/mol. The molecule has 1 amide bonds. The zero-order valence-electron chi connectivity index (χ0n) is 18.1. The average molecular weight is 454 g/mol. The lowest BCUT2D eigenvalue weighted by Crippen LogP contribution is -2.18. The minimum absolute atomic E-state index is 0.0261. The topological polar surface area (TPSA) is 118 Å². The van der Waals surface area contributed by atoms with Crippen LogP contribution in [0.25, 0.3) is 0 Å². The van der Waals surface area contributed by atoms with Gasteiger partial charge >= 0.3 is 0 Å². The van der Waals surface area contributed by atoms with Gasteiger partial charge in [0.2, 0.25) is 0 Å². The van der Waals surface area contributed by atoms with Crippen molar-refractivity contribution in [2.24, 2.45) is 0 Å². The van der Waals surface area contributed by atoms with Crippen LogP contribution >= 0.6 is 0 Å². The van der Waals surface area contributed by atoms with Crippen molar-refractivity contribution in [3.63, 3.8) is 0 Å². The fourth-order valence-electron chi connectivity index (χ4n) is 3.23. The molecule has 166 valence electrons. The van der Waals surface area contributed by atoms with Crippen molar-refractivity contribution < 1.29 is 18.1 Å². The molecule has 0 radical (unpaired) electrons. The summed E-state index contributed by atoms with van der Waals surface area (Å²) in [6.45, 7) is 6.84. The van der Waals surface area contributed by atoms with Gasteiger partial charge in [-0.1, -0.05) is 24.3 Å². The number of amides is 1. The second-order valence-electron chi connectivity index (χ2n) is 7.57. The van der Waals surface area contributed by atoms with E-state index in [2.05, 4.69) is 10.0 Å². The lowest BCUT2D eigenvalue weighted by Gasteiger charge is -2.14. The van der Waals surface area contributed by atoms with Crippen LogP contribution in [0.5, 0.6) is 0 Å². The first-order valence-corrected chi connectivity index (χ1v) is 11.2. The van der Waals surface area contributed by atoms with E-state index in [0.29, 0.717) is 16.8 Å². The van der Waals surface area contributed by atoms with Crippen molar-refractivity contribution in [1.82, 2.24) is 0 Å². The Morgan fingerprint density at radius 3 is 2.28 bits per heavy atom. The van der Waals surface area contributed by atoms with Crippen molar-refractivity contribution in [3.05, 3.63) is 92.5 Å². The lowest BCUT2D eigenvalue weighted by molar-refractivity contribution is -0.385. The molecule has 0 heterocycles. The van der Waals surface area contributed by atoms with Crippen LogP contribution in [0.2, 0.25) is 0 Å². The SMILES string of the molecule is Cc1ccc(C)c(NS(=O)(=O)c2cc(C(=O)Nc3cccc([N+](=O)[O-])c3C)ccc2C)c1. The summed E-state index contributed by atoms with van der Waals surface area (Å²) >= 11 is 0. The van der Waals surface area contributed by atoms with Crippen LogP contribution in [0.15, 0.2) is 59.5 Å². The van der Waals surface area contributed by atoms with Crippen LogP contribution in [-0.2, 0) is 10.0 Å². The number of nitro benzene ring substituents is 1. The number of rotatable bonds is 6. The Hall–Kier alpha value is -3.72. The molecule has 32 heavy (non-hydrogen) atoms. The van der Waals surface area contributed by atoms with Gasteiger partial charge in [0.15, 0.2) is 0 Å². The standard InChI is InChI=1S/C23H23N3O5S/c1-14-8-9-15(2)20(12-14)25-32(30,31)22-13-18(11-10-16(22)3)23(27)24-19-6-5-7-21(17(19)4)26(28)29/h5-13,25H,1-4H3,(H,24,27). The molecule has 0 aliphatic heterocycles. The normalized spacial score (nSPS) is 11.1. The van der Waals surface area contributed by atoms with Gasteiger partial charge in [0.1, 0.15) is 0 Å². The number of hydrogen-bond acceptors (Lipinski definition) is 5. The summed E-state index contributed by atoms with van der Waals surface area (Å²) in [6, 6.07) is 14.2. The number of carbonyl (C=O) groups excluding carboxylic acids is 1. The molecule has 0 saturated carbocycles. The van der Waals surface area contributed by atoms with Gasteiger partial charge in [-0.05, 0) is 68.7 Å². The summed E-state index contributed by atoms with van der Waals surface area (Å²) in [5.41, 5.74) is 3.20. The lowest BCUT2D eigenvalue weighted by atomic mass is 10.1. The third-order valence-electron chi connectivity index (χ3n) is 5.13. The third kappa shape index (κ3) is 4.78. The maximum atomic E-state index is 13.1. The summed E-state index contributed by atoms with van der Waals surface area (Å²) in [5, 5.41) is 13.8. The van der Waals surface area contributed by atoms with Crippen LogP contribution in [0, 0.1) is 37.8 Å². The molecule has 0 aliphatic carbocycles. The molecule has 0 bridgehead atoms. The zero-order valence-corrected chi connectivity index (χ0v) is 18.9. The zero-order chi connectivity index (χ0) is 23.6. The highest BCUT2D eigenvalue weighted by Crippen LogP contribution is 2.27. The molecule has 3 rings (SSSR count). The maximum Gasteiger partial charge on any atom is 0.274 e. The molecule has 2 N–H and O–H groups in total. The van der Waals surface area contributed by atoms with Gasteiger partial charge in [0, 0.05) is 11.6 Å². The van der Waals surface area contributed by atoms with Crippen molar-refractivity contribution in [2.45, 2.75) is 32.6 Å². The number of nitro groups is 1. The molecule has 0 spiro atoms. The van der Waals surface area contributed by atoms with Crippen molar-refractivity contribution in [3.8, 4) is 0 Å². The average Bonchev–Trinajstić information content (AvgIpc) is 2.72. The highest BCUT2D eigenvalue weighted by atomic mass is 32.2. The molecule has 9 heteroatoms. The largest absolute Gasteiger partial charge is 0.321 e. The number of aryl methyl sites for hydroxylation is 3. The Morgan fingerprint density at radius 2 is 1.59 bits per heavy atom. The van der Waals surface area contributed by atoms with Gasteiger partial charge < -0.3 is 5.32 Å². The van der Waals surface area contributed by atoms with Gasteiger partial charge in [-0.3, -0.25) is 19.6 Å². The Morgan fingerprint density at radius 1 is 0.906 bits per heavy atom. The van der Waals surface area contributed by atoms with Crippen LogP contribution < -0.4 is 10.0 Å². The summed E-state index contributed by atoms with van der Waals surface area (Å²) < 4.78 is 28.7. The van der Waals surface area contributed by atoms with Crippen molar-refractivity contribution >= 4 is 33.0 Å². The number of nitrogens with zero attached hydrogens (tertiary/aromatic N) is 1. The Labute approximate surface area is 186 Å². The van der Waals surface area contributed by atoms with E-state index in [4.69, 9.17) is 0 Å². The fourth-order valence-corrected chi connectivity index (χ4v) is 4.62. The molecule has 0 unspecified atom stereocenters. The van der Waals surface area contributed by atoms with E-state index < -0.39 is 20.9 Å². The van der Waals surface area contributed by atoms with E-state index in [0.717, 1.165) is 11.1 Å². The molecule has 0 fully saturated rings. The Balaban J connectivity index is 1.93. The molecular formula is C23H23N3O5S. The number of benzene rings is 3. The van der Waals surface area contributed by atoms with Gasteiger partial charge in [-0.15, -0.1) is 0 Å². The summed E-state index contributed by atoms with van der Waals surface area (Å²) in [6.07, 6.45) is 0. The Bertz CT molecular complexity index is 1330. The van der Waals surface area contributed by atoms with Gasteiger partial charge in [0.05, 0.1) is 26.8 Å². The Kier molecular flexibility index (Phi) is 6.31. The summed E-state index contributed by atoms with van der Waals surface area (Å²) in [4.78, 5) is 23.4. The fraction of sp³-hybridized carbons (Fsp3) is 0.174. The first kappa shape index (κ1) is 23.0. The summed E-state index contributed by atoms with van der Waals surface area (Å²) in [7, 11) is -3.96.